The molecule has 15 rings (SSSR count). The SMILES string of the molecule is C.C.C.CC(C)C(=O)Oc1ccc(N(c2ccccc2)C2C=CC=CC2)cc1.CC(C)c1ccc(N(c2ccccc2)c2ccccc2)cc1.CCC(C)(C)C(=O)Oc1ccc(N(c2ccccc2)c2ccc(-c3ccc(N(c4ccccc4)c4cccc(C)c4)cc3)cc2)cc1.CCCn1c2ccccc2c2ccccc21. The summed E-state index contributed by atoms with van der Waals surface area (Å²) >= 11 is 0. The van der Waals surface area contributed by atoms with E-state index in [1.165, 1.54) is 56.4 Å². The Morgan fingerprint density at radius 3 is 1.15 bits per heavy atom. The number of carbonyl (C=O) groups is 2. The molecule has 1 aliphatic carbocycles. The molecule has 1 aromatic heterocycles. The van der Waals surface area contributed by atoms with Crippen molar-refractivity contribution in [3.05, 3.63) is 381 Å². The molecule has 14 aromatic rings. The van der Waals surface area contributed by atoms with Gasteiger partial charge in [-0.3, -0.25) is 9.59 Å². The Balaban J connectivity index is 0.000000187. The number of ether oxygens (including phenoxy) is 2. The second kappa shape index (κ2) is 40.8. The van der Waals surface area contributed by atoms with Gasteiger partial charge in [0, 0.05) is 90.9 Å². The van der Waals surface area contributed by atoms with Crippen molar-refractivity contribution in [1.82, 2.24) is 4.57 Å². The molecule has 1 unspecified atom stereocenters. The first kappa shape index (κ1) is 84.3. The van der Waals surface area contributed by atoms with Crippen LogP contribution in [0.3, 0.4) is 0 Å². The van der Waals surface area contributed by atoms with E-state index in [2.05, 4.69) is 331 Å². The van der Waals surface area contributed by atoms with Gasteiger partial charge in [-0.25, -0.2) is 0 Å². The average molecular weight is 1500 g/mol. The van der Waals surface area contributed by atoms with Gasteiger partial charge >= 0.3 is 11.9 Å². The maximum absolute atomic E-state index is 12.6. The summed E-state index contributed by atoms with van der Waals surface area (Å²) in [7, 11) is 0. The molecule has 0 saturated heterocycles. The molecule has 0 aliphatic heterocycles. The molecule has 0 radical (unpaired) electrons. The molecule has 0 spiro atoms. The van der Waals surface area contributed by atoms with E-state index in [0.29, 0.717) is 23.8 Å². The molecule has 0 bridgehead atoms. The van der Waals surface area contributed by atoms with E-state index in [1.807, 2.05) is 126 Å². The van der Waals surface area contributed by atoms with E-state index in [0.717, 1.165) is 69.6 Å². The lowest BCUT2D eigenvalue weighted by atomic mass is 9.91. The minimum atomic E-state index is -0.529. The second-order valence-corrected chi connectivity index (χ2v) is 28.7. The molecule has 576 valence electrons. The zero-order chi connectivity index (χ0) is 76.8. The molecule has 0 N–H and O–H groups in total. The number of allylic oxidation sites excluding steroid dienone is 2. The first-order valence-electron chi connectivity index (χ1n) is 38.4. The quantitative estimate of drug-likeness (QED) is 0.0521. The van der Waals surface area contributed by atoms with Crippen molar-refractivity contribution >= 4 is 96.3 Å². The molecule has 113 heavy (non-hydrogen) atoms. The van der Waals surface area contributed by atoms with Crippen LogP contribution < -0.4 is 29.1 Å². The number of rotatable bonds is 21. The molecule has 0 amide bonds. The summed E-state index contributed by atoms with van der Waals surface area (Å²) in [4.78, 5) is 33.5. The lowest BCUT2D eigenvalue weighted by Crippen LogP contribution is -2.29. The topological polar surface area (TPSA) is 70.5 Å². The predicted octanol–water partition coefficient (Wildman–Crippen LogP) is 29.6. The zero-order valence-corrected chi connectivity index (χ0v) is 64.6. The summed E-state index contributed by atoms with van der Waals surface area (Å²) in [6, 6.07) is 120. The number of anilines is 11. The van der Waals surface area contributed by atoms with Crippen molar-refractivity contribution in [2.45, 2.75) is 122 Å². The summed E-state index contributed by atoms with van der Waals surface area (Å²) in [6.07, 6.45) is 11.4. The van der Waals surface area contributed by atoms with Crippen LogP contribution in [-0.2, 0) is 16.1 Å². The number of fused-ring (bicyclic) bond motifs is 3. The van der Waals surface area contributed by atoms with Gasteiger partial charge in [-0.2, -0.15) is 0 Å². The summed E-state index contributed by atoms with van der Waals surface area (Å²) in [5, 5.41) is 2.73. The van der Waals surface area contributed by atoms with Gasteiger partial charge in [0.2, 0.25) is 0 Å². The number of aryl methyl sites for hydroxylation is 2. The van der Waals surface area contributed by atoms with Gasteiger partial charge in [0.25, 0.3) is 0 Å². The number of carbonyl (C=O) groups excluding carboxylic acids is 2. The highest BCUT2D eigenvalue weighted by atomic mass is 16.5. The molecule has 1 heterocycles. The highest BCUT2D eigenvalue weighted by Crippen LogP contribution is 2.41. The van der Waals surface area contributed by atoms with E-state index in [1.54, 1.807) is 0 Å². The van der Waals surface area contributed by atoms with E-state index in [-0.39, 0.29) is 46.2 Å². The summed E-state index contributed by atoms with van der Waals surface area (Å²) < 4.78 is 13.5. The van der Waals surface area contributed by atoms with Crippen LogP contribution in [0.4, 0.5) is 62.6 Å². The van der Waals surface area contributed by atoms with Gasteiger partial charge in [-0.15, -0.1) is 0 Å². The Kier molecular flexibility index (Phi) is 30.4. The highest BCUT2D eigenvalue weighted by molar-refractivity contribution is 6.08. The van der Waals surface area contributed by atoms with Crippen LogP contribution >= 0.6 is 0 Å². The number of aromatic nitrogens is 1. The minimum Gasteiger partial charge on any atom is -0.426 e. The Hall–Kier alpha value is -12.7. The van der Waals surface area contributed by atoms with Crippen LogP contribution in [0.15, 0.2) is 370 Å². The predicted molar refractivity (Wildman–Crippen MR) is 483 cm³/mol. The van der Waals surface area contributed by atoms with E-state index >= 15 is 0 Å². The third-order valence-corrected chi connectivity index (χ3v) is 19.7. The second-order valence-electron chi connectivity index (χ2n) is 28.7. The monoisotopic (exact) mass is 1490 g/mol. The van der Waals surface area contributed by atoms with Crippen molar-refractivity contribution in [2.24, 2.45) is 11.3 Å². The number of benzene rings is 13. The highest BCUT2D eigenvalue weighted by Gasteiger charge is 2.28. The number of esters is 2. The van der Waals surface area contributed by atoms with Crippen molar-refractivity contribution < 1.29 is 19.1 Å². The van der Waals surface area contributed by atoms with Crippen molar-refractivity contribution in [1.29, 1.82) is 0 Å². The van der Waals surface area contributed by atoms with E-state index in [4.69, 9.17) is 9.47 Å². The van der Waals surface area contributed by atoms with Crippen molar-refractivity contribution in [3.8, 4) is 22.6 Å². The zero-order valence-electron chi connectivity index (χ0n) is 64.6. The third-order valence-electron chi connectivity index (χ3n) is 19.7. The third kappa shape index (κ3) is 21.5. The van der Waals surface area contributed by atoms with Gasteiger partial charge in [0.05, 0.1) is 17.4 Å². The molecule has 1 aliphatic rings. The summed E-state index contributed by atoms with van der Waals surface area (Å²) in [5.41, 5.74) is 19.2. The van der Waals surface area contributed by atoms with Gasteiger partial charge in [0.1, 0.15) is 11.5 Å². The molecule has 1 atom stereocenters. The fourth-order valence-corrected chi connectivity index (χ4v) is 13.3. The Labute approximate surface area is 673 Å². The molecular formula is C104H111N5O4. The van der Waals surface area contributed by atoms with E-state index < -0.39 is 5.41 Å². The van der Waals surface area contributed by atoms with Crippen molar-refractivity contribution in [3.63, 3.8) is 0 Å². The molecule has 9 nitrogen and oxygen atoms in total. The number of hydrogen-bond donors (Lipinski definition) is 0. The fourth-order valence-electron chi connectivity index (χ4n) is 13.3. The largest absolute Gasteiger partial charge is 0.426 e. The Bertz CT molecular complexity index is 5180. The lowest BCUT2D eigenvalue weighted by Gasteiger charge is -2.32. The van der Waals surface area contributed by atoms with Crippen LogP contribution in [0.5, 0.6) is 11.5 Å². The van der Waals surface area contributed by atoms with Gasteiger partial charge in [-0.1, -0.05) is 264 Å². The molecule has 0 fully saturated rings. The number of hydrogen-bond acceptors (Lipinski definition) is 8. The minimum absolute atomic E-state index is 0. The van der Waals surface area contributed by atoms with Crippen LogP contribution in [0, 0.1) is 18.3 Å². The molecule has 0 saturated carbocycles. The van der Waals surface area contributed by atoms with Gasteiger partial charge < -0.3 is 33.6 Å². The normalized spacial score (nSPS) is 11.9. The Morgan fingerprint density at radius 2 is 0.761 bits per heavy atom. The number of nitrogens with zero attached hydrogens (tertiary/aromatic N) is 5. The molecular weight excluding hydrogens is 1380 g/mol. The molecule has 9 heteroatoms. The standard InChI is InChI=1S/C43H40N2O2.C22H23NO2.C21H21N.C15H15N.3CH4/c1-5-43(3,4)42(46)47-41-29-27-39(28-30-41)44(35-14-8-6-9-15-35)37-23-19-33(20-24-37)34-21-25-38(26-22-34)45(36-16-10-7-11-17-36)40-18-12-13-32(2)31-40;1-17(2)22(24)25-21-15-13-20(14-16-21)23(18-9-5-3-6-10-18)19-11-7-4-8-12-19;1-17(2)18-13-15-21(16-14-18)22(19-9-5-3-6-10-19)20-11-7-4-8-12-20;1-2-11-16-14-9-5-3-7-12(14)13-8-4-6-10-15(13)16;;;/h6-31H,5H2,1-4H3;3-11,13-17,19H,12H2,1-2H3;3-17H,1-2H3;3-10H,2,11H2,1H3;3*1H4. The number of para-hydroxylation sites is 7. The Morgan fingerprint density at radius 1 is 0.407 bits per heavy atom. The maximum atomic E-state index is 12.6. The smallest absolute Gasteiger partial charge is 0.316 e. The average Bonchev–Trinajstić information content (AvgIpc) is 1.61. The summed E-state index contributed by atoms with van der Waals surface area (Å²) in [5.74, 6) is 1.10. The fraction of sp³-hybridized carbons (Fsp3) is 0.192. The van der Waals surface area contributed by atoms with Crippen LogP contribution in [0.1, 0.15) is 114 Å². The van der Waals surface area contributed by atoms with Crippen LogP contribution in [-0.4, -0.2) is 22.5 Å². The molecule has 13 aromatic carbocycles. The first-order valence-corrected chi connectivity index (χ1v) is 38.4. The van der Waals surface area contributed by atoms with Crippen LogP contribution in [0.2, 0.25) is 0 Å². The lowest BCUT2D eigenvalue weighted by molar-refractivity contribution is -0.144. The van der Waals surface area contributed by atoms with E-state index in [9.17, 15) is 9.59 Å². The summed E-state index contributed by atoms with van der Waals surface area (Å²) in [6.45, 7) is 19.4. The van der Waals surface area contributed by atoms with Crippen molar-refractivity contribution in [2.75, 3.05) is 19.6 Å². The maximum Gasteiger partial charge on any atom is 0.316 e. The van der Waals surface area contributed by atoms with Gasteiger partial charge in [0.15, 0.2) is 0 Å². The first-order chi connectivity index (χ1) is 53.6. The van der Waals surface area contributed by atoms with Gasteiger partial charge in [-0.05, 0) is 238 Å². The van der Waals surface area contributed by atoms with Crippen LogP contribution in [0.25, 0.3) is 32.9 Å².